The largest absolute Gasteiger partial charge is 0.324 e. The SMILES string of the molecule is NNC(=O)CC(=O)Nc1ccccc1S(=O)(=O)Nc1ccccc1. The van der Waals surface area contributed by atoms with Crippen LogP contribution in [0.2, 0.25) is 0 Å². The molecule has 0 atom stereocenters. The maximum atomic E-state index is 12.5. The predicted octanol–water partition coefficient (Wildman–Crippen LogP) is 0.806. The van der Waals surface area contributed by atoms with E-state index in [-0.39, 0.29) is 10.6 Å². The maximum absolute atomic E-state index is 12.5. The van der Waals surface area contributed by atoms with E-state index in [9.17, 15) is 18.0 Å². The molecule has 0 aliphatic carbocycles. The van der Waals surface area contributed by atoms with E-state index in [4.69, 9.17) is 5.84 Å². The van der Waals surface area contributed by atoms with E-state index in [1.165, 1.54) is 18.2 Å². The molecule has 0 spiro atoms. The van der Waals surface area contributed by atoms with Crippen molar-refractivity contribution in [3.05, 3.63) is 54.6 Å². The van der Waals surface area contributed by atoms with Gasteiger partial charge in [-0.1, -0.05) is 30.3 Å². The van der Waals surface area contributed by atoms with Crippen molar-refractivity contribution >= 4 is 33.2 Å². The van der Waals surface area contributed by atoms with Crippen molar-refractivity contribution in [1.29, 1.82) is 0 Å². The molecular weight excluding hydrogens is 332 g/mol. The molecule has 126 valence electrons. The van der Waals surface area contributed by atoms with Crippen LogP contribution in [0.15, 0.2) is 59.5 Å². The number of anilines is 2. The number of benzene rings is 2. The molecule has 8 nitrogen and oxygen atoms in total. The fourth-order valence-electron chi connectivity index (χ4n) is 1.91. The first-order chi connectivity index (χ1) is 11.4. The first-order valence-electron chi connectivity index (χ1n) is 6.88. The Bertz CT molecular complexity index is 838. The lowest BCUT2D eigenvalue weighted by molar-refractivity contribution is -0.126. The molecule has 0 aliphatic rings. The van der Waals surface area contributed by atoms with Crippen LogP contribution in [0.25, 0.3) is 0 Å². The van der Waals surface area contributed by atoms with Crippen LogP contribution in [-0.4, -0.2) is 20.2 Å². The van der Waals surface area contributed by atoms with Crippen LogP contribution in [0, 0.1) is 0 Å². The second-order valence-corrected chi connectivity index (χ2v) is 6.41. The Morgan fingerprint density at radius 1 is 0.917 bits per heavy atom. The average molecular weight is 348 g/mol. The smallest absolute Gasteiger partial charge is 0.263 e. The first kappa shape index (κ1) is 17.4. The summed E-state index contributed by atoms with van der Waals surface area (Å²) in [7, 11) is -3.91. The number of carbonyl (C=O) groups is 2. The van der Waals surface area contributed by atoms with Crippen LogP contribution < -0.4 is 21.3 Å². The van der Waals surface area contributed by atoms with Gasteiger partial charge >= 0.3 is 0 Å². The average Bonchev–Trinajstić information content (AvgIpc) is 2.55. The summed E-state index contributed by atoms with van der Waals surface area (Å²) in [5, 5.41) is 2.39. The Labute approximate surface area is 139 Å². The van der Waals surface area contributed by atoms with Gasteiger partial charge in [-0.25, -0.2) is 14.3 Å². The van der Waals surface area contributed by atoms with Gasteiger partial charge in [0.1, 0.15) is 11.3 Å². The molecule has 0 saturated heterocycles. The molecule has 0 bridgehead atoms. The third kappa shape index (κ3) is 4.54. The van der Waals surface area contributed by atoms with Crippen LogP contribution in [0.3, 0.4) is 0 Å². The van der Waals surface area contributed by atoms with E-state index < -0.39 is 28.3 Å². The van der Waals surface area contributed by atoms with E-state index in [1.54, 1.807) is 36.4 Å². The van der Waals surface area contributed by atoms with Crippen LogP contribution in [-0.2, 0) is 19.6 Å². The molecular formula is C15H16N4O4S. The number of sulfonamides is 1. The molecule has 0 aliphatic heterocycles. The number of carbonyl (C=O) groups excluding carboxylic acids is 2. The van der Waals surface area contributed by atoms with Crippen molar-refractivity contribution in [2.24, 2.45) is 5.84 Å². The number of nitrogens with one attached hydrogen (secondary N) is 3. The Kier molecular flexibility index (Phi) is 5.51. The summed E-state index contributed by atoms with van der Waals surface area (Å²) < 4.78 is 27.5. The monoisotopic (exact) mass is 348 g/mol. The van der Waals surface area contributed by atoms with Crippen LogP contribution >= 0.6 is 0 Å². The molecule has 0 aromatic heterocycles. The van der Waals surface area contributed by atoms with Crippen LogP contribution in [0.5, 0.6) is 0 Å². The molecule has 2 amide bonds. The summed E-state index contributed by atoms with van der Waals surface area (Å²) in [6.07, 6.45) is -0.517. The maximum Gasteiger partial charge on any atom is 0.263 e. The van der Waals surface area contributed by atoms with E-state index >= 15 is 0 Å². The Hall–Kier alpha value is -2.91. The number of nitrogens with two attached hydrogens (primary N) is 1. The summed E-state index contributed by atoms with van der Waals surface area (Å²) >= 11 is 0. The van der Waals surface area contributed by atoms with Crippen LogP contribution in [0.4, 0.5) is 11.4 Å². The lowest BCUT2D eigenvalue weighted by Gasteiger charge is -2.13. The fourth-order valence-corrected chi connectivity index (χ4v) is 3.13. The highest BCUT2D eigenvalue weighted by molar-refractivity contribution is 7.92. The molecule has 24 heavy (non-hydrogen) atoms. The Morgan fingerprint density at radius 2 is 1.54 bits per heavy atom. The molecule has 2 aromatic rings. The highest BCUT2D eigenvalue weighted by atomic mass is 32.2. The van der Waals surface area contributed by atoms with Gasteiger partial charge in [-0.05, 0) is 24.3 Å². The number of hydrogen-bond donors (Lipinski definition) is 4. The lowest BCUT2D eigenvalue weighted by Crippen LogP contribution is -2.33. The third-order valence-corrected chi connectivity index (χ3v) is 4.40. The minimum Gasteiger partial charge on any atom is -0.324 e. The standard InChI is InChI=1S/C15H16N4O4S/c16-18-15(21)10-14(20)17-12-8-4-5-9-13(12)24(22,23)19-11-6-2-1-3-7-11/h1-9,19H,10,16H2,(H,17,20)(H,18,21). The van der Waals surface area contributed by atoms with Gasteiger partial charge in [-0.15, -0.1) is 0 Å². The Morgan fingerprint density at radius 3 is 2.21 bits per heavy atom. The molecule has 0 saturated carbocycles. The van der Waals surface area contributed by atoms with Crippen molar-refractivity contribution in [2.75, 3.05) is 10.0 Å². The van der Waals surface area contributed by atoms with E-state index in [0.29, 0.717) is 5.69 Å². The first-order valence-corrected chi connectivity index (χ1v) is 8.37. The molecule has 2 rings (SSSR count). The van der Waals surface area contributed by atoms with E-state index in [1.807, 2.05) is 5.43 Å². The number of hydrazine groups is 1. The zero-order valence-electron chi connectivity index (χ0n) is 12.5. The topological polar surface area (TPSA) is 130 Å². The van der Waals surface area contributed by atoms with Crippen LogP contribution in [0.1, 0.15) is 6.42 Å². The summed E-state index contributed by atoms with van der Waals surface area (Å²) in [5.74, 6) is 3.55. The summed E-state index contributed by atoms with van der Waals surface area (Å²) in [6, 6.07) is 14.2. The third-order valence-electron chi connectivity index (χ3n) is 2.96. The van der Waals surface area contributed by atoms with E-state index in [2.05, 4.69) is 10.0 Å². The minimum absolute atomic E-state index is 0.0655. The minimum atomic E-state index is -3.91. The molecule has 9 heteroatoms. The summed E-state index contributed by atoms with van der Waals surface area (Å²) in [4.78, 5) is 22.8. The number of amides is 2. The number of hydrogen-bond acceptors (Lipinski definition) is 5. The van der Waals surface area contributed by atoms with Gasteiger partial charge in [-0.2, -0.15) is 0 Å². The van der Waals surface area contributed by atoms with Gasteiger partial charge in [0.25, 0.3) is 10.0 Å². The predicted molar refractivity (Wildman–Crippen MR) is 89.3 cm³/mol. The van der Waals surface area contributed by atoms with Crippen molar-refractivity contribution < 1.29 is 18.0 Å². The Balaban J connectivity index is 2.24. The molecule has 0 fully saturated rings. The van der Waals surface area contributed by atoms with Gasteiger partial charge in [0.2, 0.25) is 11.8 Å². The normalized spacial score (nSPS) is 10.7. The highest BCUT2D eigenvalue weighted by Gasteiger charge is 2.20. The number of para-hydroxylation sites is 2. The zero-order valence-corrected chi connectivity index (χ0v) is 13.3. The molecule has 2 aromatic carbocycles. The van der Waals surface area contributed by atoms with Crippen molar-refractivity contribution in [3.63, 3.8) is 0 Å². The zero-order chi connectivity index (χ0) is 17.6. The lowest BCUT2D eigenvalue weighted by atomic mass is 10.3. The van der Waals surface area contributed by atoms with Gasteiger partial charge in [0.05, 0.1) is 5.69 Å². The summed E-state index contributed by atoms with van der Waals surface area (Å²) in [5.41, 5.74) is 2.28. The van der Waals surface area contributed by atoms with Gasteiger partial charge in [0.15, 0.2) is 0 Å². The molecule has 0 radical (unpaired) electrons. The van der Waals surface area contributed by atoms with Gasteiger partial charge in [-0.3, -0.25) is 19.7 Å². The van der Waals surface area contributed by atoms with Gasteiger partial charge in [0, 0.05) is 5.69 Å². The van der Waals surface area contributed by atoms with Gasteiger partial charge < -0.3 is 5.32 Å². The highest BCUT2D eigenvalue weighted by Crippen LogP contribution is 2.23. The second-order valence-electron chi connectivity index (χ2n) is 4.76. The molecule has 0 unspecified atom stereocenters. The van der Waals surface area contributed by atoms with Crippen molar-refractivity contribution in [3.8, 4) is 0 Å². The number of rotatable bonds is 6. The summed E-state index contributed by atoms with van der Waals surface area (Å²) in [6.45, 7) is 0. The quantitative estimate of drug-likeness (QED) is 0.265. The molecule has 5 N–H and O–H groups in total. The molecule has 0 heterocycles. The van der Waals surface area contributed by atoms with Crippen molar-refractivity contribution in [1.82, 2.24) is 5.43 Å². The fraction of sp³-hybridized carbons (Fsp3) is 0.0667. The van der Waals surface area contributed by atoms with Crippen molar-refractivity contribution in [2.45, 2.75) is 11.3 Å². The second kappa shape index (κ2) is 7.57. The van der Waals surface area contributed by atoms with E-state index in [0.717, 1.165) is 0 Å².